The summed E-state index contributed by atoms with van der Waals surface area (Å²) >= 11 is 0. The van der Waals surface area contributed by atoms with Crippen molar-refractivity contribution in [3.63, 3.8) is 0 Å². The highest BCUT2D eigenvalue weighted by Crippen LogP contribution is 2.21. The molecule has 1 aromatic carbocycles. The molecule has 0 aliphatic carbocycles. The third kappa shape index (κ3) is 23.5. The molecule has 0 unspecified atom stereocenters. The van der Waals surface area contributed by atoms with E-state index in [4.69, 9.17) is 61.9 Å². The summed E-state index contributed by atoms with van der Waals surface area (Å²) in [6.45, 7) is 9.63. The second kappa shape index (κ2) is 32.0. The van der Waals surface area contributed by atoms with Gasteiger partial charge in [0.1, 0.15) is 6.61 Å². The van der Waals surface area contributed by atoms with E-state index in [1.165, 1.54) is 4.90 Å². The number of fused-ring (bicyclic) bond motifs is 1. The summed E-state index contributed by atoms with van der Waals surface area (Å²) in [5, 5.41) is 8.43. The van der Waals surface area contributed by atoms with Crippen LogP contribution in [0.25, 0.3) is 0 Å². The molecule has 0 spiro atoms. The highest BCUT2D eigenvalue weighted by Gasteiger charge is 2.34. The van der Waals surface area contributed by atoms with Crippen LogP contribution in [0.3, 0.4) is 0 Å². The number of hydrogen-bond acceptors (Lipinski definition) is 15. The van der Waals surface area contributed by atoms with Gasteiger partial charge in [-0.15, -0.1) is 0 Å². The van der Waals surface area contributed by atoms with Crippen LogP contribution in [-0.2, 0) is 61.6 Å². The number of benzene rings is 1. The molecule has 0 saturated carbocycles. The first-order valence-corrected chi connectivity index (χ1v) is 17.2. The SMILES string of the molecule is O=C(O)COCCOCCOCCOCCOCCOCCOCCOCCOCCOCCOCCOCCN1C(=O)c2ccccc2C1=O. The maximum atomic E-state index is 12.3. The van der Waals surface area contributed by atoms with E-state index in [2.05, 4.69) is 0 Å². The minimum atomic E-state index is -1.00. The standard InChI is InChI=1S/C34H55NO16/c36-32(37)29-51-28-27-50-26-25-49-24-23-48-22-21-47-20-19-46-18-17-45-16-15-44-14-13-43-12-11-42-10-9-41-8-7-40-6-5-35-33(38)30-3-1-2-4-31(30)34(35)39/h1-4H,5-29H2,(H,36,37). The summed E-state index contributed by atoms with van der Waals surface area (Å²) in [7, 11) is 0. The quantitative estimate of drug-likeness (QED) is 0.0734. The Kier molecular flexibility index (Phi) is 28.0. The molecule has 1 heterocycles. The van der Waals surface area contributed by atoms with Crippen molar-refractivity contribution in [3.8, 4) is 0 Å². The number of amides is 2. The lowest BCUT2D eigenvalue weighted by molar-refractivity contribution is -0.142. The van der Waals surface area contributed by atoms with E-state index < -0.39 is 5.97 Å². The number of imide groups is 1. The van der Waals surface area contributed by atoms with E-state index in [-0.39, 0.29) is 38.2 Å². The highest BCUT2D eigenvalue weighted by atomic mass is 16.6. The van der Waals surface area contributed by atoms with Gasteiger partial charge in [-0.25, -0.2) is 4.79 Å². The molecule has 0 bridgehead atoms. The van der Waals surface area contributed by atoms with Crippen molar-refractivity contribution in [1.82, 2.24) is 4.90 Å². The van der Waals surface area contributed by atoms with Crippen molar-refractivity contribution in [2.24, 2.45) is 0 Å². The molecule has 51 heavy (non-hydrogen) atoms. The molecule has 2 rings (SSSR count). The minimum Gasteiger partial charge on any atom is -0.480 e. The van der Waals surface area contributed by atoms with Gasteiger partial charge < -0.3 is 61.9 Å². The second-order valence-electron chi connectivity index (χ2n) is 10.5. The van der Waals surface area contributed by atoms with E-state index in [0.717, 1.165) is 0 Å². The van der Waals surface area contributed by atoms with Gasteiger partial charge in [-0.3, -0.25) is 14.5 Å². The van der Waals surface area contributed by atoms with Gasteiger partial charge in [0.25, 0.3) is 11.8 Å². The molecule has 17 nitrogen and oxygen atoms in total. The summed E-state index contributed by atoms with van der Waals surface area (Å²) in [5.74, 6) is -1.57. The van der Waals surface area contributed by atoms with E-state index in [9.17, 15) is 14.4 Å². The minimum absolute atomic E-state index is 0.207. The van der Waals surface area contributed by atoms with Gasteiger partial charge >= 0.3 is 5.97 Å². The van der Waals surface area contributed by atoms with Crippen molar-refractivity contribution in [2.75, 3.05) is 165 Å². The number of carboxylic acid groups (broad SMARTS) is 1. The Balaban J connectivity index is 1.16. The number of nitrogens with zero attached hydrogens (tertiary/aromatic N) is 1. The zero-order valence-electron chi connectivity index (χ0n) is 29.5. The average Bonchev–Trinajstić information content (AvgIpc) is 3.37. The van der Waals surface area contributed by atoms with Crippen LogP contribution in [0.4, 0.5) is 0 Å². The Morgan fingerprint density at radius 2 is 0.647 bits per heavy atom. The molecule has 0 aromatic heterocycles. The van der Waals surface area contributed by atoms with Gasteiger partial charge in [-0.05, 0) is 12.1 Å². The molecule has 0 atom stereocenters. The topological polar surface area (TPSA) is 185 Å². The zero-order valence-corrected chi connectivity index (χ0v) is 29.5. The molecule has 1 N–H and O–H groups in total. The fourth-order valence-electron chi connectivity index (χ4n) is 4.18. The van der Waals surface area contributed by atoms with E-state index in [0.29, 0.717) is 150 Å². The van der Waals surface area contributed by atoms with Gasteiger partial charge in [0, 0.05) is 0 Å². The molecule has 2 amide bonds. The maximum Gasteiger partial charge on any atom is 0.329 e. The Morgan fingerprint density at radius 1 is 0.412 bits per heavy atom. The Hall–Kier alpha value is -2.65. The monoisotopic (exact) mass is 733 g/mol. The maximum absolute atomic E-state index is 12.3. The number of hydrogen-bond donors (Lipinski definition) is 1. The van der Waals surface area contributed by atoms with Crippen molar-refractivity contribution < 1.29 is 76.3 Å². The molecule has 292 valence electrons. The molecule has 1 aliphatic rings. The molecule has 17 heteroatoms. The summed E-state index contributed by atoms with van der Waals surface area (Å²) in [5.41, 5.74) is 0.873. The fourth-order valence-corrected chi connectivity index (χ4v) is 4.18. The number of carboxylic acids is 1. The number of ether oxygens (including phenoxy) is 12. The highest BCUT2D eigenvalue weighted by molar-refractivity contribution is 6.21. The molecule has 0 saturated heterocycles. The molecule has 1 aromatic rings. The van der Waals surface area contributed by atoms with Crippen molar-refractivity contribution >= 4 is 17.8 Å². The fraction of sp³-hybridized carbons (Fsp3) is 0.735. The molecular formula is C34H55NO16. The van der Waals surface area contributed by atoms with Gasteiger partial charge in [0.05, 0.1) is 170 Å². The van der Waals surface area contributed by atoms with Crippen LogP contribution in [-0.4, -0.2) is 193 Å². The third-order valence-electron chi connectivity index (χ3n) is 6.66. The Morgan fingerprint density at radius 3 is 0.902 bits per heavy atom. The number of aliphatic carboxylic acids is 1. The van der Waals surface area contributed by atoms with Crippen LogP contribution in [0.5, 0.6) is 0 Å². The van der Waals surface area contributed by atoms with E-state index in [1.54, 1.807) is 24.3 Å². The van der Waals surface area contributed by atoms with Crippen LogP contribution in [0.1, 0.15) is 20.7 Å². The largest absolute Gasteiger partial charge is 0.480 e. The van der Waals surface area contributed by atoms with Crippen molar-refractivity contribution in [3.05, 3.63) is 35.4 Å². The lowest BCUT2D eigenvalue weighted by Gasteiger charge is -2.13. The van der Waals surface area contributed by atoms with Gasteiger partial charge in [-0.2, -0.15) is 0 Å². The molecule has 1 aliphatic heterocycles. The molecule has 0 fully saturated rings. The summed E-state index contributed by atoms with van der Waals surface area (Å²) in [4.78, 5) is 36.1. The molecular weight excluding hydrogens is 678 g/mol. The average molecular weight is 734 g/mol. The predicted molar refractivity (Wildman–Crippen MR) is 179 cm³/mol. The number of carbonyl (C=O) groups is 3. The van der Waals surface area contributed by atoms with Crippen molar-refractivity contribution in [1.29, 1.82) is 0 Å². The van der Waals surface area contributed by atoms with Crippen LogP contribution in [0, 0.1) is 0 Å². The normalized spacial score (nSPS) is 12.7. The first kappa shape index (κ1) is 44.5. The van der Waals surface area contributed by atoms with E-state index in [1.807, 2.05) is 0 Å². The smallest absolute Gasteiger partial charge is 0.329 e. The summed E-state index contributed by atoms with van der Waals surface area (Å²) < 4.78 is 64.6. The van der Waals surface area contributed by atoms with Crippen molar-refractivity contribution in [2.45, 2.75) is 0 Å². The van der Waals surface area contributed by atoms with Gasteiger partial charge in [0.15, 0.2) is 0 Å². The molecule has 0 radical (unpaired) electrons. The first-order valence-electron chi connectivity index (χ1n) is 17.2. The van der Waals surface area contributed by atoms with Gasteiger partial charge in [-0.1, -0.05) is 12.1 Å². The van der Waals surface area contributed by atoms with Crippen LogP contribution < -0.4 is 0 Å². The lowest BCUT2D eigenvalue weighted by Crippen LogP contribution is -2.33. The van der Waals surface area contributed by atoms with Gasteiger partial charge in [0.2, 0.25) is 0 Å². The van der Waals surface area contributed by atoms with Crippen LogP contribution in [0.15, 0.2) is 24.3 Å². The summed E-state index contributed by atoms with van der Waals surface area (Å²) in [6.07, 6.45) is 0. The first-order chi connectivity index (χ1) is 25.1. The Bertz CT molecular complexity index is 997. The lowest BCUT2D eigenvalue weighted by atomic mass is 10.1. The number of carbonyl (C=O) groups excluding carboxylic acids is 2. The predicted octanol–water partition coefficient (Wildman–Crippen LogP) is 0.566. The van der Waals surface area contributed by atoms with Crippen LogP contribution in [0.2, 0.25) is 0 Å². The van der Waals surface area contributed by atoms with E-state index >= 15 is 0 Å². The Labute approximate surface area is 299 Å². The second-order valence-corrected chi connectivity index (χ2v) is 10.5. The summed E-state index contributed by atoms with van der Waals surface area (Å²) in [6, 6.07) is 6.80. The number of rotatable bonds is 38. The zero-order chi connectivity index (χ0) is 36.5. The third-order valence-corrected chi connectivity index (χ3v) is 6.66. The van der Waals surface area contributed by atoms with Crippen LogP contribution >= 0.6 is 0 Å².